The highest BCUT2D eigenvalue weighted by Gasteiger charge is 2.23. The van der Waals surface area contributed by atoms with Crippen molar-refractivity contribution in [2.75, 3.05) is 33.3 Å². The summed E-state index contributed by atoms with van der Waals surface area (Å²) in [6.07, 6.45) is 0.181. The van der Waals surface area contributed by atoms with Crippen LogP contribution in [0.25, 0.3) is 11.1 Å². The van der Waals surface area contributed by atoms with Crippen LogP contribution in [0.1, 0.15) is 57.7 Å². The highest BCUT2D eigenvalue weighted by atomic mass is 16.7. The fourth-order valence-corrected chi connectivity index (χ4v) is 4.49. The molecule has 8 nitrogen and oxygen atoms in total. The number of aliphatic hydroxyl groups is 1. The summed E-state index contributed by atoms with van der Waals surface area (Å²) in [6.45, 7) is 11.1. The van der Waals surface area contributed by atoms with Crippen molar-refractivity contribution in [3.63, 3.8) is 0 Å². The summed E-state index contributed by atoms with van der Waals surface area (Å²) < 4.78 is 28.0. The molecule has 0 bridgehead atoms. The van der Waals surface area contributed by atoms with Gasteiger partial charge in [0.05, 0.1) is 5.41 Å². The number of carbonyl (C=O) groups excluding carboxylic acids is 1. The minimum atomic E-state index is -0.592. The van der Waals surface area contributed by atoms with E-state index in [-0.39, 0.29) is 26.2 Å². The van der Waals surface area contributed by atoms with E-state index in [0.29, 0.717) is 18.0 Å². The van der Waals surface area contributed by atoms with Crippen LogP contribution in [0.4, 0.5) is 0 Å². The average molecular weight is 576 g/mol. The minimum absolute atomic E-state index is 0.153. The second kappa shape index (κ2) is 14.2. The summed E-state index contributed by atoms with van der Waals surface area (Å²) in [5.41, 5.74) is 4.65. The second-order valence-corrected chi connectivity index (χ2v) is 11.0. The molecule has 1 aliphatic heterocycles. The van der Waals surface area contributed by atoms with E-state index in [1.165, 1.54) is 0 Å². The summed E-state index contributed by atoms with van der Waals surface area (Å²) >= 11 is 0. The molecule has 0 aliphatic carbocycles. The number of rotatable bonds is 13. The Hall–Kier alpha value is -4.01. The van der Waals surface area contributed by atoms with E-state index in [1.807, 2.05) is 67.6 Å². The maximum absolute atomic E-state index is 12.1. The van der Waals surface area contributed by atoms with Crippen molar-refractivity contribution >= 4 is 17.1 Å². The summed E-state index contributed by atoms with van der Waals surface area (Å²) in [5, 5.41) is 13.2. The van der Waals surface area contributed by atoms with Gasteiger partial charge in [-0.25, -0.2) is 0 Å². The summed E-state index contributed by atoms with van der Waals surface area (Å²) in [6, 6.07) is 21.7. The SMILES string of the molecule is CCNCC(O)COc1ccc(/C(=C(/CC)c2ccc3c(c2)OCO3)c2ccc(OCOC(=O)C(C)(C)C)cc2)cc1. The molecule has 42 heavy (non-hydrogen) atoms. The molecule has 0 amide bonds. The van der Waals surface area contributed by atoms with Crippen LogP contribution in [-0.2, 0) is 9.53 Å². The zero-order valence-electron chi connectivity index (χ0n) is 25.1. The molecular formula is C34H41NO7. The zero-order valence-corrected chi connectivity index (χ0v) is 25.1. The van der Waals surface area contributed by atoms with Crippen LogP contribution in [0.5, 0.6) is 23.0 Å². The van der Waals surface area contributed by atoms with Crippen LogP contribution in [0, 0.1) is 5.41 Å². The quantitative estimate of drug-likeness (QED) is 0.144. The normalized spacial score (nSPS) is 13.8. The van der Waals surface area contributed by atoms with Crippen molar-refractivity contribution in [3.8, 4) is 23.0 Å². The van der Waals surface area contributed by atoms with Gasteiger partial charge in [-0.2, -0.15) is 0 Å². The number of aliphatic hydroxyl groups excluding tert-OH is 1. The van der Waals surface area contributed by atoms with Gasteiger partial charge >= 0.3 is 5.97 Å². The highest BCUT2D eigenvalue weighted by Crippen LogP contribution is 2.40. The molecule has 2 N–H and O–H groups in total. The molecule has 1 unspecified atom stereocenters. The fraction of sp³-hybridized carbons (Fsp3) is 0.382. The Kier molecular flexibility index (Phi) is 10.5. The summed E-state index contributed by atoms with van der Waals surface area (Å²) in [4.78, 5) is 12.1. The largest absolute Gasteiger partial charge is 0.491 e. The van der Waals surface area contributed by atoms with Crippen molar-refractivity contribution in [1.29, 1.82) is 0 Å². The van der Waals surface area contributed by atoms with Gasteiger partial charge < -0.3 is 34.1 Å². The lowest BCUT2D eigenvalue weighted by molar-refractivity contribution is -0.159. The van der Waals surface area contributed by atoms with Crippen molar-refractivity contribution in [2.24, 2.45) is 5.41 Å². The Bertz CT molecular complexity index is 1360. The first-order valence-corrected chi connectivity index (χ1v) is 14.3. The first kappa shape index (κ1) is 30.9. The zero-order chi connectivity index (χ0) is 30.1. The number of esters is 1. The molecule has 4 rings (SSSR count). The molecule has 0 saturated carbocycles. The van der Waals surface area contributed by atoms with Gasteiger partial charge in [0.1, 0.15) is 24.2 Å². The molecule has 1 aliphatic rings. The van der Waals surface area contributed by atoms with Crippen LogP contribution in [0.15, 0.2) is 66.7 Å². The molecule has 0 radical (unpaired) electrons. The van der Waals surface area contributed by atoms with Crippen LogP contribution < -0.4 is 24.3 Å². The Morgan fingerprint density at radius 2 is 1.48 bits per heavy atom. The van der Waals surface area contributed by atoms with Crippen LogP contribution in [0.3, 0.4) is 0 Å². The Labute approximate surface area is 248 Å². The van der Waals surface area contributed by atoms with Crippen molar-refractivity contribution in [3.05, 3.63) is 83.4 Å². The van der Waals surface area contributed by atoms with Gasteiger partial charge in [-0.15, -0.1) is 0 Å². The summed E-state index contributed by atoms with van der Waals surface area (Å²) in [5.74, 6) is 2.43. The van der Waals surface area contributed by atoms with E-state index in [0.717, 1.165) is 52.3 Å². The molecule has 0 fully saturated rings. The molecule has 1 heterocycles. The molecule has 0 aromatic heterocycles. The third-order valence-electron chi connectivity index (χ3n) is 6.76. The maximum Gasteiger partial charge on any atom is 0.314 e. The van der Waals surface area contributed by atoms with Gasteiger partial charge in [-0.1, -0.05) is 44.2 Å². The number of ether oxygens (including phenoxy) is 5. The number of nitrogens with one attached hydrogen (secondary N) is 1. The third-order valence-corrected chi connectivity index (χ3v) is 6.76. The number of hydrogen-bond acceptors (Lipinski definition) is 8. The first-order valence-electron chi connectivity index (χ1n) is 14.3. The molecule has 0 spiro atoms. The Morgan fingerprint density at radius 3 is 2.07 bits per heavy atom. The Morgan fingerprint density at radius 1 is 0.881 bits per heavy atom. The number of benzene rings is 3. The fourth-order valence-electron chi connectivity index (χ4n) is 4.49. The second-order valence-electron chi connectivity index (χ2n) is 11.0. The van der Waals surface area contributed by atoms with Crippen molar-refractivity contribution < 1.29 is 33.6 Å². The van der Waals surface area contributed by atoms with E-state index in [4.69, 9.17) is 23.7 Å². The van der Waals surface area contributed by atoms with Gasteiger partial charge in [0, 0.05) is 6.54 Å². The van der Waals surface area contributed by atoms with Crippen LogP contribution >= 0.6 is 0 Å². The predicted molar refractivity (Wildman–Crippen MR) is 163 cm³/mol. The monoisotopic (exact) mass is 575 g/mol. The van der Waals surface area contributed by atoms with Crippen molar-refractivity contribution in [2.45, 2.75) is 47.1 Å². The van der Waals surface area contributed by atoms with Crippen LogP contribution in [0.2, 0.25) is 0 Å². The van der Waals surface area contributed by atoms with Gasteiger partial charge in [0.2, 0.25) is 13.6 Å². The minimum Gasteiger partial charge on any atom is -0.491 e. The molecule has 224 valence electrons. The van der Waals surface area contributed by atoms with Gasteiger partial charge in [0.15, 0.2) is 11.5 Å². The van der Waals surface area contributed by atoms with E-state index < -0.39 is 11.5 Å². The number of likely N-dealkylation sites (N-methyl/N-ethyl adjacent to an activating group) is 1. The number of hydrogen-bond donors (Lipinski definition) is 2. The number of allylic oxidation sites excluding steroid dienone is 1. The molecule has 0 saturated heterocycles. The van der Waals surface area contributed by atoms with E-state index >= 15 is 0 Å². The lowest BCUT2D eigenvalue weighted by Gasteiger charge is -2.18. The van der Waals surface area contributed by atoms with Gasteiger partial charge in [-0.3, -0.25) is 4.79 Å². The molecule has 8 heteroatoms. The van der Waals surface area contributed by atoms with Crippen LogP contribution in [-0.4, -0.2) is 50.5 Å². The Balaban J connectivity index is 1.61. The standard InChI is InChI=1S/C34H41NO7/c1-6-29(25-12-17-30-31(18-25)41-22-40-30)32(23-8-13-27(14-9-23)38-20-26(36)19-35-7-2)24-10-15-28(16-11-24)39-21-42-33(37)34(3,4)5/h8-18,26,35-36H,6-7,19-22H2,1-5H3/b32-29+. The first-order chi connectivity index (χ1) is 20.2. The predicted octanol–water partition coefficient (Wildman–Crippen LogP) is 6.06. The lowest BCUT2D eigenvalue weighted by Crippen LogP contribution is -2.31. The van der Waals surface area contributed by atoms with E-state index in [9.17, 15) is 9.90 Å². The smallest absolute Gasteiger partial charge is 0.314 e. The number of fused-ring (bicyclic) bond motifs is 1. The average Bonchev–Trinajstić information content (AvgIpc) is 3.46. The highest BCUT2D eigenvalue weighted by molar-refractivity contribution is 5.99. The van der Waals surface area contributed by atoms with Gasteiger partial charge in [0.25, 0.3) is 0 Å². The molecule has 3 aromatic rings. The lowest BCUT2D eigenvalue weighted by atomic mass is 9.88. The topological polar surface area (TPSA) is 95.5 Å². The van der Waals surface area contributed by atoms with E-state index in [1.54, 1.807) is 20.8 Å². The molecular weight excluding hydrogens is 534 g/mol. The molecule has 1 atom stereocenters. The third kappa shape index (κ3) is 8.05. The maximum atomic E-state index is 12.1. The van der Waals surface area contributed by atoms with Crippen molar-refractivity contribution in [1.82, 2.24) is 5.32 Å². The number of carbonyl (C=O) groups is 1. The van der Waals surface area contributed by atoms with Gasteiger partial charge in [-0.05, 0) is 98.0 Å². The summed E-state index contributed by atoms with van der Waals surface area (Å²) in [7, 11) is 0. The molecule has 3 aromatic carbocycles. The van der Waals surface area contributed by atoms with E-state index in [2.05, 4.69) is 18.3 Å².